The summed E-state index contributed by atoms with van der Waals surface area (Å²) in [4.78, 5) is 29.2. The summed E-state index contributed by atoms with van der Waals surface area (Å²) in [6, 6.07) is 13.3. The van der Waals surface area contributed by atoms with Gasteiger partial charge in [-0.15, -0.1) is 5.10 Å². The molecule has 3 heterocycles. The largest absolute Gasteiger partial charge is 0.354 e. The van der Waals surface area contributed by atoms with Crippen LogP contribution in [0.5, 0.6) is 0 Å². The Bertz CT molecular complexity index is 1190. The molecule has 4 aromatic rings. The standard InChI is InChI=1S/C20H22N6O2/c1-2-17-22-15-8-3-4-9-16(15)25(17)14-19(27)21-11-7-13-26-20(28)24-12-6-5-10-18(24)23-26/h3-6,8-10,12H,2,7,11,13-14H2,1H3,(H,21,27). The van der Waals surface area contributed by atoms with Gasteiger partial charge in [0.2, 0.25) is 5.91 Å². The summed E-state index contributed by atoms with van der Waals surface area (Å²) in [5.74, 6) is 0.827. The van der Waals surface area contributed by atoms with Crippen molar-refractivity contribution < 1.29 is 4.79 Å². The van der Waals surface area contributed by atoms with Crippen LogP contribution in [0.3, 0.4) is 0 Å². The number of aryl methyl sites for hydroxylation is 2. The van der Waals surface area contributed by atoms with Crippen LogP contribution < -0.4 is 11.0 Å². The number of imidazole rings is 1. The molecule has 0 atom stereocenters. The smallest absolute Gasteiger partial charge is 0.350 e. The molecule has 144 valence electrons. The molecule has 0 aliphatic heterocycles. The van der Waals surface area contributed by atoms with Crippen molar-refractivity contribution in [1.82, 2.24) is 29.0 Å². The Labute approximate surface area is 161 Å². The minimum Gasteiger partial charge on any atom is -0.354 e. The molecule has 0 saturated carbocycles. The first kappa shape index (κ1) is 18.0. The number of hydrogen-bond acceptors (Lipinski definition) is 4. The molecule has 0 bridgehead atoms. The Morgan fingerprint density at radius 3 is 2.79 bits per heavy atom. The number of rotatable bonds is 7. The van der Waals surface area contributed by atoms with Crippen molar-refractivity contribution in [3.63, 3.8) is 0 Å². The Morgan fingerprint density at radius 1 is 1.14 bits per heavy atom. The first-order valence-electron chi connectivity index (χ1n) is 9.42. The van der Waals surface area contributed by atoms with E-state index in [4.69, 9.17) is 0 Å². The van der Waals surface area contributed by atoms with Crippen molar-refractivity contribution in [2.24, 2.45) is 0 Å². The number of carbonyl (C=O) groups is 1. The van der Waals surface area contributed by atoms with Crippen molar-refractivity contribution in [3.8, 4) is 0 Å². The third-order valence-electron chi connectivity index (χ3n) is 4.71. The van der Waals surface area contributed by atoms with Crippen LogP contribution in [0.2, 0.25) is 0 Å². The van der Waals surface area contributed by atoms with Gasteiger partial charge in [-0.2, -0.15) is 0 Å². The first-order valence-corrected chi connectivity index (χ1v) is 9.42. The molecule has 0 aliphatic rings. The van der Waals surface area contributed by atoms with Crippen LogP contribution >= 0.6 is 0 Å². The highest BCUT2D eigenvalue weighted by Crippen LogP contribution is 2.16. The second kappa shape index (κ2) is 7.67. The van der Waals surface area contributed by atoms with E-state index in [2.05, 4.69) is 15.4 Å². The second-order valence-corrected chi connectivity index (χ2v) is 6.59. The molecule has 0 fully saturated rings. The average molecular weight is 378 g/mol. The van der Waals surface area contributed by atoms with Gasteiger partial charge in [-0.3, -0.25) is 9.20 Å². The number of amides is 1. The zero-order chi connectivity index (χ0) is 19.5. The summed E-state index contributed by atoms with van der Waals surface area (Å²) in [6.07, 6.45) is 3.09. The summed E-state index contributed by atoms with van der Waals surface area (Å²) >= 11 is 0. The van der Waals surface area contributed by atoms with Crippen molar-refractivity contribution in [2.75, 3.05) is 6.54 Å². The minimum absolute atomic E-state index is 0.0693. The van der Waals surface area contributed by atoms with Gasteiger partial charge in [0.1, 0.15) is 12.4 Å². The fraction of sp³-hybridized carbons (Fsp3) is 0.300. The summed E-state index contributed by atoms with van der Waals surface area (Å²) in [5, 5.41) is 7.21. The molecule has 1 N–H and O–H groups in total. The van der Waals surface area contributed by atoms with Gasteiger partial charge < -0.3 is 9.88 Å². The zero-order valence-corrected chi connectivity index (χ0v) is 15.7. The molecule has 0 saturated heterocycles. The predicted molar refractivity (Wildman–Crippen MR) is 106 cm³/mol. The molecule has 1 amide bonds. The molecule has 3 aromatic heterocycles. The van der Waals surface area contributed by atoms with E-state index in [-0.39, 0.29) is 18.1 Å². The number of carbonyl (C=O) groups excluding carboxylic acids is 1. The van der Waals surface area contributed by atoms with Gasteiger partial charge in [0.25, 0.3) is 0 Å². The maximum absolute atomic E-state index is 12.4. The highest BCUT2D eigenvalue weighted by atomic mass is 16.2. The third kappa shape index (κ3) is 3.40. The van der Waals surface area contributed by atoms with E-state index >= 15 is 0 Å². The molecule has 0 aliphatic carbocycles. The maximum Gasteiger partial charge on any atom is 0.350 e. The molecule has 28 heavy (non-hydrogen) atoms. The lowest BCUT2D eigenvalue weighted by molar-refractivity contribution is -0.121. The van der Waals surface area contributed by atoms with Gasteiger partial charge in [-0.25, -0.2) is 14.5 Å². The van der Waals surface area contributed by atoms with E-state index in [1.54, 1.807) is 18.3 Å². The van der Waals surface area contributed by atoms with Gasteiger partial charge in [0, 0.05) is 25.7 Å². The Balaban J connectivity index is 1.35. The average Bonchev–Trinajstić information content (AvgIpc) is 3.23. The third-order valence-corrected chi connectivity index (χ3v) is 4.71. The summed E-state index contributed by atoms with van der Waals surface area (Å²) in [7, 11) is 0. The maximum atomic E-state index is 12.4. The summed E-state index contributed by atoms with van der Waals surface area (Å²) in [5.41, 5.74) is 2.32. The Morgan fingerprint density at radius 2 is 1.96 bits per heavy atom. The van der Waals surface area contributed by atoms with Crippen LogP contribution in [-0.2, 0) is 24.3 Å². The van der Waals surface area contributed by atoms with Crippen LogP contribution in [0.1, 0.15) is 19.2 Å². The summed E-state index contributed by atoms with van der Waals surface area (Å²) < 4.78 is 4.90. The Hall–Kier alpha value is -3.42. The predicted octanol–water partition coefficient (Wildman–Crippen LogP) is 1.61. The molecule has 8 heteroatoms. The lowest BCUT2D eigenvalue weighted by atomic mass is 10.3. The van der Waals surface area contributed by atoms with E-state index in [0.29, 0.717) is 25.2 Å². The van der Waals surface area contributed by atoms with Crippen molar-refractivity contribution in [2.45, 2.75) is 32.9 Å². The van der Waals surface area contributed by atoms with Crippen LogP contribution in [0.25, 0.3) is 16.7 Å². The molecule has 8 nitrogen and oxygen atoms in total. The molecule has 1 aromatic carbocycles. The molecular formula is C20H22N6O2. The SMILES string of the molecule is CCc1nc2ccccc2n1CC(=O)NCCCn1nc2ccccn2c1=O. The lowest BCUT2D eigenvalue weighted by Crippen LogP contribution is -2.30. The van der Waals surface area contributed by atoms with Crippen LogP contribution in [0.4, 0.5) is 0 Å². The first-order chi connectivity index (χ1) is 13.7. The number of fused-ring (bicyclic) bond motifs is 2. The second-order valence-electron chi connectivity index (χ2n) is 6.59. The van der Waals surface area contributed by atoms with Gasteiger partial charge in [0.05, 0.1) is 11.0 Å². The van der Waals surface area contributed by atoms with Gasteiger partial charge >= 0.3 is 5.69 Å². The Kier molecular flexibility index (Phi) is 4.92. The van der Waals surface area contributed by atoms with Gasteiger partial charge in [-0.1, -0.05) is 25.1 Å². The number of nitrogens with zero attached hydrogens (tertiary/aromatic N) is 5. The molecule has 0 radical (unpaired) electrons. The summed E-state index contributed by atoms with van der Waals surface area (Å²) in [6.45, 7) is 3.20. The van der Waals surface area contributed by atoms with Crippen molar-refractivity contribution in [3.05, 3.63) is 65.0 Å². The quantitative estimate of drug-likeness (QED) is 0.495. The van der Waals surface area contributed by atoms with Crippen LogP contribution in [0, 0.1) is 0 Å². The molecule has 4 rings (SSSR count). The number of para-hydroxylation sites is 2. The monoisotopic (exact) mass is 378 g/mol. The lowest BCUT2D eigenvalue weighted by Gasteiger charge is -2.09. The van der Waals surface area contributed by atoms with Crippen LogP contribution in [-0.4, -0.2) is 36.2 Å². The van der Waals surface area contributed by atoms with Crippen molar-refractivity contribution >= 4 is 22.6 Å². The van der Waals surface area contributed by atoms with Gasteiger partial charge in [-0.05, 0) is 30.7 Å². The zero-order valence-electron chi connectivity index (χ0n) is 15.7. The minimum atomic E-state index is -0.167. The molecule has 0 spiro atoms. The van der Waals surface area contributed by atoms with E-state index < -0.39 is 0 Å². The number of benzene rings is 1. The van der Waals surface area contributed by atoms with Crippen molar-refractivity contribution in [1.29, 1.82) is 0 Å². The topological polar surface area (TPSA) is 86.2 Å². The molecular weight excluding hydrogens is 356 g/mol. The van der Waals surface area contributed by atoms with Crippen LogP contribution in [0.15, 0.2) is 53.5 Å². The fourth-order valence-corrected chi connectivity index (χ4v) is 3.34. The van der Waals surface area contributed by atoms with Gasteiger partial charge in [0.15, 0.2) is 5.65 Å². The normalized spacial score (nSPS) is 11.3. The number of hydrogen-bond donors (Lipinski definition) is 1. The highest BCUT2D eigenvalue weighted by molar-refractivity contribution is 5.81. The van der Waals surface area contributed by atoms with E-state index in [9.17, 15) is 9.59 Å². The van der Waals surface area contributed by atoms with E-state index in [0.717, 1.165) is 23.3 Å². The molecule has 0 unspecified atom stereocenters. The number of pyridine rings is 1. The fourth-order valence-electron chi connectivity index (χ4n) is 3.34. The highest BCUT2D eigenvalue weighted by Gasteiger charge is 2.12. The number of nitrogens with one attached hydrogen (secondary N) is 1. The van der Waals surface area contributed by atoms with E-state index in [1.165, 1.54) is 9.08 Å². The number of aromatic nitrogens is 5. The van der Waals surface area contributed by atoms with E-state index in [1.807, 2.05) is 41.8 Å².